The maximum absolute atomic E-state index is 11.9. The highest BCUT2D eigenvalue weighted by atomic mass is 16.3. The van der Waals surface area contributed by atoms with Crippen LogP contribution in [0.4, 0.5) is 5.69 Å². The molecule has 2 atom stereocenters. The highest BCUT2D eigenvalue weighted by Gasteiger charge is 2.24. The Kier molecular flexibility index (Phi) is 5.01. The number of aliphatic hydroxyl groups excluding tert-OH is 1. The van der Waals surface area contributed by atoms with Gasteiger partial charge in [0.15, 0.2) is 0 Å². The van der Waals surface area contributed by atoms with Crippen LogP contribution >= 0.6 is 0 Å². The van der Waals surface area contributed by atoms with Gasteiger partial charge in [-0.2, -0.15) is 0 Å². The van der Waals surface area contributed by atoms with Crippen LogP contribution in [0.15, 0.2) is 24.3 Å². The van der Waals surface area contributed by atoms with Gasteiger partial charge in [0, 0.05) is 31.1 Å². The van der Waals surface area contributed by atoms with Gasteiger partial charge in [-0.1, -0.05) is 32.0 Å². The Morgan fingerprint density at radius 1 is 1.45 bits per heavy atom. The lowest BCUT2D eigenvalue weighted by Crippen LogP contribution is -2.33. The predicted octanol–water partition coefficient (Wildman–Crippen LogP) is 2.11. The first kappa shape index (κ1) is 14.9. The maximum Gasteiger partial charge on any atom is 0.220 e. The van der Waals surface area contributed by atoms with Gasteiger partial charge in [0.2, 0.25) is 5.91 Å². The van der Waals surface area contributed by atoms with Crippen molar-refractivity contribution in [1.29, 1.82) is 0 Å². The summed E-state index contributed by atoms with van der Waals surface area (Å²) in [5, 5.41) is 15.9. The zero-order valence-corrected chi connectivity index (χ0v) is 12.2. The summed E-state index contributed by atoms with van der Waals surface area (Å²) in [5.41, 5.74) is 2.34. The fraction of sp³-hybridized carbons (Fsp3) is 0.562. The number of carbonyl (C=O) groups excluding carboxylic acids is 1. The molecule has 1 aromatic carbocycles. The second kappa shape index (κ2) is 6.75. The minimum atomic E-state index is -0.451. The van der Waals surface area contributed by atoms with E-state index in [4.69, 9.17) is 0 Å². The van der Waals surface area contributed by atoms with Crippen molar-refractivity contribution >= 4 is 11.6 Å². The SMILES string of the molecule is CC(C)CC(O)CNC(=O)CC1CNc2ccccc21. The zero-order chi connectivity index (χ0) is 14.5. The average molecular weight is 276 g/mol. The molecular formula is C16H24N2O2. The number of aliphatic hydroxyl groups is 1. The van der Waals surface area contributed by atoms with Crippen LogP contribution in [0.5, 0.6) is 0 Å². The molecule has 4 nitrogen and oxygen atoms in total. The van der Waals surface area contributed by atoms with E-state index in [2.05, 4.69) is 30.5 Å². The number of carbonyl (C=O) groups is 1. The first-order valence-corrected chi connectivity index (χ1v) is 7.33. The molecule has 2 rings (SSSR count). The fourth-order valence-corrected chi connectivity index (χ4v) is 2.69. The molecule has 0 aliphatic carbocycles. The first-order valence-electron chi connectivity index (χ1n) is 7.33. The number of nitrogens with one attached hydrogen (secondary N) is 2. The van der Waals surface area contributed by atoms with Gasteiger partial charge in [-0.05, 0) is 24.0 Å². The fourth-order valence-electron chi connectivity index (χ4n) is 2.69. The van der Waals surface area contributed by atoms with Crippen molar-refractivity contribution in [3.05, 3.63) is 29.8 Å². The van der Waals surface area contributed by atoms with Crippen molar-refractivity contribution < 1.29 is 9.90 Å². The smallest absolute Gasteiger partial charge is 0.220 e. The zero-order valence-electron chi connectivity index (χ0n) is 12.2. The lowest BCUT2D eigenvalue weighted by Gasteiger charge is -2.15. The number of benzene rings is 1. The molecule has 1 aliphatic heterocycles. The normalized spacial score (nSPS) is 18.5. The number of amides is 1. The molecule has 110 valence electrons. The van der Waals surface area contributed by atoms with E-state index in [9.17, 15) is 9.90 Å². The number of hydrogen-bond donors (Lipinski definition) is 3. The third kappa shape index (κ3) is 3.97. The van der Waals surface area contributed by atoms with E-state index in [0.29, 0.717) is 25.3 Å². The van der Waals surface area contributed by atoms with E-state index in [1.165, 1.54) is 5.56 Å². The van der Waals surface area contributed by atoms with E-state index < -0.39 is 6.10 Å². The Bertz CT molecular complexity index is 460. The number of fused-ring (bicyclic) bond motifs is 1. The van der Waals surface area contributed by atoms with E-state index in [-0.39, 0.29) is 11.8 Å². The lowest BCUT2D eigenvalue weighted by atomic mass is 9.97. The van der Waals surface area contributed by atoms with Crippen LogP contribution in [0, 0.1) is 5.92 Å². The number of hydrogen-bond acceptors (Lipinski definition) is 3. The van der Waals surface area contributed by atoms with Gasteiger partial charge < -0.3 is 15.7 Å². The summed E-state index contributed by atoms with van der Waals surface area (Å²) in [6.07, 6.45) is 0.736. The summed E-state index contributed by atoms with van der Waals surface area (Å²) in [6, 6.07) is 8.11. The summed E-state index contributed by atoms with van der Waals surface area (Å²) in [5.74, 6) is 0.678. The predicted molar refractivity (Wildman–Crippen MR) is 80.8 cm³/mol. The van der Waals surface area contributed by atoms with Crippen LogP contribution < -0.4 is 10.6 Å². The lowest BCUT2D eigenvalue weighted by molar-refractivity contribution is -0.121. The Hall–Kier alpha value is -1.55. The molecule has 1 aromatic rings. The van der Waals surface area contributed by atoms with Crippen molar-refractivity contribution in [3.8, 4) is 0 Å². The molecule has 0 spiro atoms. The van der Waals surface area contributed by atoms with Crippen LogP contribution in [-0.2, 0) is 4.79 Å². The van der Waals surface area contributed by atoms with Crippen LogP contribution in [0.25, 0.3) is 0 Å². The quantitative estimate of drug-likeness (QED) is 0.746. The summed E-state index contributed by atoms with van der Waals surface area (Å²) in [4.78, 5) is 11.9. The molecule has 1 aliphatic rings. The molecule has 0 fully saturated rings. The number of para-hydroxylation sites is 1. The van der Waals surface area contributed by atoms with Crippen LogP contribution in [0.1, 0.15) is 38.2 Å². The van der Waals surface area contributed by atoms with Crippen molar-refractivity contribution in [1.82, 2.24) is 5.32 Å². The Labute approximate surface area is 120 Å². The molecule has 0 bridgehead atoms. The molecule has 3 N–H and O–H groups in total. The molecule has 0 radical (unpaired) electrons. The summed E-state index contributed by atoms with van der Waals surface area (Å²) in [6.45, 7) is 5.28. The molecule has 20 heavy (non-hydrogen) atoms. The summed E-state index contributed by atoms with van der Waals surface area (Å²) >= 11 is 0. The van der Waals surface area contributed by atoms with Gasteiger partial charge in [0.1, 0.15) is 0 Å². The van der Waals surface area contributed by atoms with Gasteiger partial charge in [-0.3, -0.25) is 4.79 Å². The van der Waals surface area contributed by atoms with Gasteiger partial charge in [-0.15, -0.1) is 0 Å². The van der Waals surface area contributed by atoms with Crippen molar-refractivity contribution in [2.45, 2.75) is 38.7 Å². The van der Waals surface area contributed by atoms with Gasteiger partial charge in [-0.25, -0.2) is 0 Å². The largest absolute Gasteiger partial charge is 0.391 e. The van der Waals surface area contributed by atoms with E-state index in [0.717, 1.165) is 12.2 Å². The second-order valence-electron chi connectivity index (χ2n) is 5.96. The molecule has 2 unspecified atom stereocenters. The number of anilines is 1. The highest BCUT2D eigenvalue weighted by Crippen LogP contribution is 2.32. The maximum atomic E-state index is 11.9. The first-order chi connectivity index (χ1) is 9.56. The molecular weight excluding hydrogens is 252 g/mol. The highest BCUT2D eigenvalue weighted by molar-refractivity contribution is 5.78. The van der Waals surface area contributed by atoms with Gasteiger partial charge in [0.05, 0.1) is 6.10 Å². The van der Waals surface area contributed by atoms with Crippen LogP contribution in [0.3, 0.4) is 0 Å². The molecule has 0 saturated heterocycles. The van der Waals surface area contributed by atoms with Gasteiger partial charge >= 0.3 is 0 Å². The third-order valence-electron chi connectivity index (χ3n) is 3.65. The third-order valence-corrected chi connectivity index (χ3v) is 3.65. The Morgan fingerprint density at radius 2 is 2.20 bits per heavy atom. The molecule has 4 heteroatoms. The average Bonchev–Trinajstić information content (AvgIpc) is 2.79. The summed E-state index contributed by atoms with van der Waals surface area (Å²) in [7, 11) is 0. The minimum Gasteiger partial charge on any atom is -0.391 e. The molecule has 1 heterocycles. The second-order valence-corrected chi connectivity index (χ2v) is 5.96. The Balaban J connectivity index is 1.79. The van der Waals surface area contributed by atoms with Crippen LogP contribution in [0.2, 0.25) is 0 Å². The molecule has 0 aromatic heterocycles. The van der Waals surface area contributed by atoms with Crippen molar-refractivity contribution in [2.75, 3.05) is 18.4 Å². The monoisotopic (exact) mass is 276 g/mol. The van der Waals surface area contributed by atoms with E-state index >= 15 is 0 Å². The molecule has 0 saturated carbocycles. The minimum absolute atomic E-state index is 0.0105. The molecule has 1 amide bonds. The van der Waals surface area contributed by atoms with E-state index in [1.807, 2.05) is 18.2 Å². The number of rotatable bonds is 6. The van der Waals surface area contributed by atoms with E-state index in [1.54, 1.807) is 0 Å². The van der Waals surface area contributed by atoms with Crippen LogP contribution in [-0.4, -0.2) is 30.2 Å². The summed E-state index contributed by atoms with van der Waals surface area (Å²) < 4.78 is 0. The van der Waals surface area contributed by atoms with Crippen molar-refractivity contribution in [3.63, 3.8) is 0 Å². The standard InChI is InChI=1S/C16H24N2O2/c1-11(2)7-13(19)10-18-16(20)8-12-9-17-15-6-4-3-5-14(12)15/h3-6,11-13,17,19H,7-10H2,1-2H3,(H,18,20). The van der Waals surface area contributed by atoms with Crippen molar-refractivity contribution in [2.24, 2.45) is 5.92 Å². The Morgan fingerprint density at radius 3 is 2.95 bits per heavy atom. The topological polar surface area (TPSA) is 61.4 Å². The van der Waals surface area contributed by atoms with Gasteiger partial charge in [0.25, 0.3) is 0 Å².